The fourth-order valence-corrected chi connectivity index (χ4v) is 3.65. The van der Waals surface area contributed by atoms with E-state index in [1.807, 2.05) is 0 Å². The van der Waals surface area contributed by atoms with Gasteiger partial charge in [-0.3, -0.25) is 9.59 Å². The molecule has 0 saturated heterocycles. The Morgan fingerprint density at radius 2 is 1.52 bits per heavy atom. The highest BCUT2D eigenvalue weighted by atomic mass is 35.5. The van der Waals surface area contributed by atoms with Crippen LogP contribution in [0.1, 0.15) is 18.1 Å². The molecule has 2 N–H and O–H groups in total. The second-order valence-electron chi connectivity index (χ2n) is 6.80. The van der Waals surface area contributed by atoms with Gasteiger partial charge in [-0.15, -0.1) is 0 Å². The number of rotatable bonds is 6. The highest BCUT2D eigenvalue weighted by Crippen LogP contribution is 2.23. The van der Waals surface area contributed by atoms with Gasteiger partial charge in [-0.05, 0) is 67.1 Å². The number of benzene rings is 3. The van der Waals surface area contributed by atoms with E-state index in [1.165, 1.54) is 18.2 Å². The van der Waals surface area contributed by atoms with Gasteiger partial charge in [0.2, 0.25) is 0 Å². The first-order valence-corrected chi connectivity index (χ1v) is 11.0. The third-order valence-corrected chi connectivity index (χ3v) is 5.36. The Morgan fingerprint density at radius 3 is 2.15 bits per heavy atom. The number of nitrogens with zero attached hydrogens (tertiary/aromatic N) is 1. The van der Waals surface area contributed by atoms with Crippen molar-refractivity contribution >= 4 is 69.6 Å². The molecule has 2 amide bonds. The van der Waals surface area contributed by atoms with E-state index in [4.69, 9.17) is 51.1 Å². The maximum Gasteiger partial charge on any atom is 0.329 e. The molecule has 0 fully saturated rings. The summed E-state index contributed by atoms with van der Waals surface area (Å²) in [4.78, 5) is 24.1. The molecule has 0 saturated carbocycles. The highest BCUT2D eigenvalue weighted by molar-refractivity contribution is 6.40. The molecule has 3 aromatic rings. The van der Waals surface area contributed by atoms with E-state index >= 15 is 0 Å². The molecule has 0 spiro atoms. The van der Waals surface area contributed by atoms with Gasteiger partial charge >= 0.3 is 11.8 Å². The fourth-order valence-electron chi connectivity index (χ4n) is 2.66. The predicted octanol–water partition coefficient (Wildman–Crippen LogP) is 6.36. The maximum absolute atomic E-state index is 12.0. The van der Waals surface area contributed by atoms with Crippen LogP contribution >= 0.6 is 46.4 Å². The summed E-state index contributed by atoms with van der Waals surface area (Å²) in [5.41, 5.74) is 4.55. The topological polar surface area (TPSA) is 79.8 Å². The predicted molar refractivity (Wildman–Crippen MR) is 133 cm³/mol. The molecule has 0 aliphatic carbocycles. The van der Waals surface area contributed by atoms with Crippen LogP contribution in [0, 0.1) is 0 Å². The Kier molecular flexibility index (Phi) is 8.58. The Morgan fingerprint density at radius 1 is 0.848 bits per heavy atom. The van der Waals surface area contributed by atoms with Crippen molar-refractivity contribution in [3.05, 3.63) is 91.9 Å². The zero-order valence-corrected chi connectivity index (χ0v) is 20.2. The lowest BCUT2D eigenvalue weighted by Crippen LogP contribution is -2.32. The van der Waals surface area contributed by atoms with Crippen LogP contribution in [0.5, 0.6) is 5.75 Å². The number of hydrogen-bond acceptors (Lipinski definition) is 4. The largest absolute Gasteiger partial charge is 0.489 e. The summed E-state index contributed by atoms with van der Waals surface area (Å²) in [5.74, 6) is -1.22. The van der Waals surface area contributed by atoms with Crippen LogP contribution in [0.3, 0.4) is 0 Å². The molecule has 170 valence electrons. The van der Waals surface area contributed by atoms with Gasteiger partial charge in [0.15, 0.2) is 0 Å². The van der Waals surface area contributed by atoms with Crippen molar-refractivity contribution in [2.45, 2.75) is 13.5 Å². The first kappa shape index (κ1) is 24.9. The van der Waals surface area contributed by atoms with E-state index in [0.29, 0.717) is 37.2 Å². The fraction of sp³-hybridized carbons (Fsp3) is 0.0870. The molecule has 0 aliphatic rings. The van der Waals surface area contributed by atoms with E-state index in [9.17, 15) is 9.59 Å². The normalized spacial score (nSPS) is 11.1. The molecular formula is C23H17Cl4N3O3. The smallest absolute Gasteiger partial charge is 0.329 e. The Bertz CT molecular complexity index is 1190. The van der Waals surface area contributed by atoms with Gasteiger partial charge in [0.05, 0.1) is 5.71 Å². The lowest BCUT2D eigenvalue weighted by atomic mass is 10.1. The number of carbonyl (C=O) groups excluding carboxylic acids is 2. The van der Waals surface area contributed by atoms with Gasteiger partial charge in [-0.1, -0.05) is 52.5 Å². The van der Waals surface area contributed by atoms with E-state index in [-0.39, 0.29) is 6.61 Å². The quantitative estimate of drug-likeness (QED) is 0.224. The van der Waals surface area contributed by atoms with Gasteiger partial charge in [0.1, 0.15) is 12.4 Å². The van der Waals surface area contributed by atoms with Gasteiger partial charge in [0.25, 0.3) is 0 Å². The Labute approximate surface area is 210 Å². The van der Waals surface area contributed by atoms with Crippen molar-refractivity contribution in [2.24, 2.45) is 5.10 Å². The number of ether oxygens (including phenoxy) is 1. The first-order chi connectivity index (χ1) is 15.7. The SMILES string of the molecule is C/C(=N\NC(=O)C(=O)Nc1cc(Cl)cc(Cl)c1)c1ccc(OCc2ccc(Cl)cc2Cl)cc1. The third kappa shape index (κ3) is 7.37. The second-order valence-corrected chi connectivity index (χ2v) is 8.52. The lowest BCUT2D eigenvalue weighted by Gasteiger charge is -2.09. The van der Waals surface area contributed by atoms with Crippen LogP contribution < -0.4 is 15.5 Å². The monoisotopic (exact) mass is 523 g/mol. The van der Waals surface area contributed by atoms with Crippen molar-refractivity contribution in [1.82, 2.24) is 5.43 Å². The molecule has 0 bridgehead atoms. The first-order valence-electron chi connectivity index (χ1n) is 9.50. The van der Waals surface area contributed by atoms with E-state index in [2.05, 4.69) is 15.8 Å². The number of nitrogens with one attached hydrogen (secondary N) is 2. The van der Waals surface area contributed by atoms with Crippen LogP contribution in [0.2, 0.25) is 20.1 Å². The van der Waals surface area contributed by atoms with Crippen molar-refractivity contribution in [2.75, 3.05) is 5.32 Å². The van der Waals surface area contributed by atoms with Gasteiger partial charge < -0.3 is 10.1 Å². The van der Waals surface area contributed by atoms with Crippen molar-refractivity contribution in [1.29, 1.82) is 0 Å². The van der Waals surface area contributed by atoms with Crippen molar-refractivity contribution in [3.8, 4) is 5.75 Å². The Hall–Kier alpha value is -2.77. The van der Waals surface area contributed by atoms with Crippen molar-refractivity contribution < 1.29 is 14.3 Å². The van der Waals surface area contributed by atoms with E-state index in [1.54, 1.807) is 49.4 Å². The average molecular weight is 525 g/mol. The molecular weight excluding hydrogens is 508 g/mol. The number of halogens is 4. The molecule has 0 aromatic heterocycles. The molecule has 10 heteroatoms. The standard InChI is InChI=1S/C23H17Cl4N3O3/c1-13(29-30-23(32)22(31)28-19-9-17(25)8-18(26)10-19)14-3-6-20(7-4-14)33-12-15-2-5-16(24)11-21(15)27/h2-11H,12H2,1H3,(H,28,31)(H,30,32)/b29-13+. The number of amides is 2. The number of anilines is 1. The van der Waals surface area contributed by atoms with Crippen LogP contribution in [-0.4, -0.2) is 17.5 Å². The van der Waals surface area contributed by atoms with Crippen LogP contribution in [0.4, 0.5) is 5.69 Å². The minimum absolute atomic E-state index is 0.283. The van der Waals surface area contributed by atoms with Crippen LogP contribution in [0.25, 0.3) is 0 Å². The third-order valence-electron chi connectivity index (χ3n) is 4.33. The minimum atomic E-state index is -0.940. The maximum atomic E-state index is 12.0. The number of carbonyl (C=O) groups is 2. The number of hydrogen-bond donors (Lipinski definition) is 2. The van der Waals surface area contributed by atoms with Gasteiger partial charge in [-0.2, -0.15) is 5.10 Å². The summed E-state index contributed by atoms with van der Waals surface area (Å²) in [7, 11) is 0. The molecule has 6 nitrogen and oxygen atoms in total. The van der Waals surface area contributed by atoms with E-state index < -0.39 is 11.8 Å². The molecule has 3 rings (SSSR count). The molecule has 3 aromatic carbocycles. The zero-order valence-electron chi connectivity index (χ0n) is 17.2. The Balaban J connectivity index is 1.55. The zero-order chi connectivity index (χ0) is 24.0. The summed E-state index contributed by atoms with van der Waals surface area (Å²) >= 11 is 23.8. The van der Waals surface area contributed by atoms with Crippen LogP contribution in [0.15, 0.2) is 65.8 Å². The molecule has 0 heterocycles. The van der Waals surface area contributed by atoms with Gasteiger partial charge in [0, 0.05) is 31.3 Å². The molecule has 0 aliphatic heterocycles. The lowest BCUT2D eigenvalue weighted by molar-refractivity contribution is -0.136. The minimum Gasteiger partial charge on any atom is -0.489 e. The van der Waals surface area contributed by atoms with Gasteiger partial charge in [-0.25, -0.2) is 5.43 Å². The van der Waals surface area contributed by atoms with Crippen LogP contribution in [-0.2, 0) is 16.2 Å². The summed E-state index contributed by atoms with van der Waals surface area (Å²) < 4.78 is 5.74. The molecule has 0 radical (unpaired) electrons. The molecule has 0 unspecified atom stereocenters. The number of hydrazone groups is 1. The summed E-state index contributed by atoms with van der Waals surface area (Å²) in [6, 6.07) is 16.7. The molecule has 33 heavy (non-hydrogen) atoms. The average Bonchev–Trinajstić information content (AvgIpc) is 2.76. The molecule has 0 atom stereocenters. The van der Waals surface area contributed by atoms with E-state index in [0.717, 1.165) is 11.1 Å². The summed E-state index contributed by atoms with van der Waals surface area (Å²) in [6.45, 7) is 1.98. The summed E-state index contributed by atoms with van der Waals surface area (Å²) in [6.07, 6.45) is 0. The van der Waals surface area contributed by atoms with Crippen molar-refractivity contribution in [3.63, 3.8) is 0 Å². The highest BCUT2D eigenvalue weighted by Gasteiger charge is 2.14. The second kappa shape index (κ2) is 11.4. The summed E-state index contributed by atoms with van der Waals surface area (Å²) in [5, 5.41) is 8.12.